The normalized spacial score (nSPS) is 33.8. The van der Waals surface area contributed by atoms with Crippen LogP contribution in [0.5, 0.6) is 0 Å². The summed E-state index contributed by atoms with van der Waals surface area (Å²) in [4.78, 5) is 12.6. The predicted molar refractivity (Wildman–Crippen MR) is 88.2 cm³/mol. The highest BCUT2D eigenvalue weighted by molar-refractivity contribution is 5.92. The lowest BCUT2D eigenvalue weighted by Gasteiger charge is -2.54. The Kier molecular flexibility index (Phi) is 3.24. The summed E-state index contributed by atoms with van der Waals surface area (Å²) in [6.45, 7) is 0.526. The van der Waals surface area contributed by atoms with Crippen LogP contribution < -0.4 is 5.32 Å². The first kappa shape index (κ1) is 14.3. The highest BCUT2D eigenvalue weighted by atomic mass is 16.2. The molecule has 0 spiro atoms. The molecule has 2 heterocycles. The Hall–Kier alpha value is -2.11. The Labute approximate surface area is 141 Å². The van der Waals surface area contributed by atoms with E-state index in [0.29, 0.717) is 30.2 Å². The molecule has 6 rings (SSSR count). The fraction of sp³-hybridized carbons (Fsp3) is 0.611. The van der Waals surface area contributed by atoms with Crippen LogP contribution in [0.2, 0.25) is 0 Å². The highest BCUT2D eigenvalue weighted by Crippen LogP contribution is 2.53. The second kappa shape index (κ2) is 5.46. The van der Waals surface area contributed by atoms with Crippen LogP contribution in [0.15, 0.2) is 30.7 Å². The Morgan fingerprint density at radius 1 is 1.08 bits per heavy atom. The fourth-order valence-corrected chi connectivity index (χ4v) is 5.48. The van der Waals surface area contributed by atoms with Crippen LogP contribution in [0.25, 0.3) is 0 Å². The third kappa shape index (κ3) is 2.44. The maximum absolute atomic E-state index is 12.6. The van der Waals surface area contributed by atoms with E-state index in [2.05, 4.69) is 15.5 Å². The number of hydrogen-bond acceptors (Lipinski definition) is 3. The van der Waals surface area contributed by atoms with Crippen LogP contribution in [-0.2, 0) is 6.67 Å². The zero-order valence-corrected chi connectivity index (χ0v) is 13.7. The van der Waals surface area contributed by atoms with E-state index in [9.17, 15) is 4.79 Å². The number of nitrogens with one attached hydrogen (secondary N) is 1. The maximum Gasteiger partial charge on any atom is 0.272 e. The van der Waals surface area contributed by atoms with Crippen molar-refractivity contribution in [3.63, 3.8) is 0 Å². The van der Waals surface area contributed by atoms with E-state index < -0.39 is 0 Å². The molecule has 0 aromatic carbocycles. The molecule has 4 aliphatic carbocycles. The molecule has 6 nitrogen and oxygen atoms in total. The van der Waals surface area contributed by atoms with E-state index in [1.54, 1.807) is 21.6 Å². The van der Waals surface area contributed by atoms with Gasteiger partial charge in [0.05, 0.1) is 0 Å². The number of hydrogen-bond donors (Lipinski definition) is 1. The van der Waals surface area contributed by atoms with E-state index in [0.717, 1.165) is 11.8 Å². The van der Waals surface area contributed by atoms with Gasteiger partial charge >= 0.3 is 0 Å². The summed E-state index contributed by atoms with van der Waals surface area (Å²) in [5.41, 5.74) is 0.510. The molecule has 1 N–H and O–H groups in total. The number of amides is 1. The van der Waals surface area contributed by atoms with Crippen molar-refractivity contribution in [2.24, 2.45) is 23.7 Å². The van der Waals surface area contributed by atoms with Crippen molar-refractivity contribution >= 4 is 5.91 Å². The van der Waals surface area contributed by atoms with E-state index in [4.69, 9.17) is 0 Å². The minimum Gasteiger partial charge on any atom is -0.347 e. The van der Waals surface area contributed by atoms with Gasteiger partial charge in [0, 0.05) is 24.6 Å². The van der Waals surface area contributed by atoms with Crippen molar-refractivity contribution in [1.82, 2.24) is 24.9 Å². The molecule has 2 aromatic heterocycles. The molecule has 1 amide bonds. The van der Waals surface area contributed by atoms with E-state index >= 15 is 0 Å². The van der Waals surface area contributed by atoms with E-state index in [1.165, 1.54) is 32.1 Å². The van der Waals surface area contributed by atoms with Gasteiger partial charge < -0.3 is 5.32 Å². The SMILES string of the molecule is O=C(NC1C2CC3CC(C2)CC1C3)c1ccn(Cn2cccn2)n1. The van der Waals surface area contributed by atoms with Gasteiger partial charge in [0.15, 0.2) is 0 Å². The summed E-state index contributed by atoms with van der Waals surface area (Å²) in [6.07, 6.45) is 12.1. The van der Waals surface area contributed by atoms with Crippen LogP contribution >= 0.6 is 0 Å². The van der Waals surface area contributed by atoms with Crippen LogP contribution in [0.1, 0.15) is 42.6 Å². The summed E-state index contributed by atoms with van der Waals surface area (Å²) < 4.78 is 3.53. The van der Waals surface area contributed by atoms with Gasteiger partial charge in [0.1, 0.15) is 12.4 Å². The van der Waals surface area contributed by atoms with Gasteiger partial charge in [0.25, 0.3) is 5.91 Å². The van der Waals surface area contributed by atoms with Crippen molar-refractivity contribution in [1.29, 1.82) is 0 Å². The molecule has 126 valence electrons. The molecule has 0 aliphatic heterocycles. The first-order chi connectivity index (χ1) is 11.7. The Morgan fingerprint density at radius 2 is 1.83 bits per heavy atom. The van der Waals surface area contributed by atoms with Gasteiger partial charge in [-0.3, -0.25) is 14.2 Å². The Bertz CT molecular complexity index is 706. The molecular weight excluding hydrogens is 302 g/mol. The number of nitrogens with zero attached hydrogens (tertiary/aromatic N) is 4. The predicted octanol–water partition coefficient (Wildman–Crippen LogP) is 2.14. The lowest BCUT2D eigenvalue weighted by atomic mass is 9.54. The zero-order chi connectivity index (χ0) is 16.1. The Morgan fingerprint density at radius 3 is 2.50 bits per heavy atom. The number of rotatable bonds is 4. The molecule has 4 aliphatic rings. The van der Waals surface area contributed by atoms with Gasteiger partial charge in [-0.15, -0.1) is 0 Å². The number of carbonyl (C=O) groups is 1. The zero-order valence-electron chi connectivity index (χ0n) is 13.7. The topological polar surface area (TPSA) is 64.7 Å². The summed E-state index contributed by atoms with van der Waals surface area (Å²) in [6, 6.07) is 4.04. The minimum atomic E-state index is -0.0216. The van der Waals surface area contributed by atoms with Crippen molar-refractivity contribution < 1.29 is 4.79 Å². The lowest BCUT2D eigenvalue weighted by Crippen LogP contribution is -2.55. The summed E-state index contributed by atoms with van der Waals surface area (Å²) in [7, 11) is 0. The van der Waals surface area contributed by atoms with Gasteiger partial charge in [-0.25, -0.2) is 0 Å². The molecule has 4 bridgehead atoms. The molecule has 6 heteroatoms. The average Bonchev–Trinajstić information content (AvgIpc) is 3.22. The molecule has 2 aromatic rings. The van der Waals surface area contributed by atoms with Crippen molar-refractivity contribution in [2.45, 2.75) is 44.8 Å². The quantitative estimate of drug-likeness (QED) is 0.936. The number of aromatic nitrogens is 4. The lowest BCUT2D eigenvalue weighted by molar-refractivity contribution is -0.0120. The third-order valence-corrected chi connectivity index (χ3v) is 6.25. The highest BCUT2D eigenvalue weighted by Gasteiger charge is 2.48. The molecule has 4 fully saturated rings. The van der Waals surface area contributed by atoms with Gasteiger partial charge in [0.2, 0.25) is 0 Å². The first-order valence-electron chi connectivity index (χ1n) is 9.06. The van der Waals surface area contributed by atoms with Crippen LogP contribution in [0.3, 0.4) is 0 Å². The van der Waals surface area contributed by atoms with Crippen LogP contribution in [0.4, 0.5) is 0 Å². The summed E-state index contributed by atoms with van der Waals surface area (Å²) in [5.74, 6) is 3.21. The molecule has 0 atom stereocenters. The summed E-state index contributed by atoms with van der Waals surface area (Å²) >= 11 is 0. The van der Waals surface area contributed by atoms with Crippen LogP contribution in [-0.4, -0.2) is 31.5 Å². The van der Waals surface area contributed by atoms with Crippen molar-refractivity contribution in [2.75, 3.05) is 0 Å². The molecule has 24 heavy (non-hydrogen) atoms. The molecule has 4 saturated carbocycles. The molecule has 0 unspecified atom stereocenters. The third-order valence-electron chi connectivity index (χ3n) is 6.25. The summed E-state index contributed by atoms with van der Waals surface area (Å²) in [5, 5.41) is 11.9. The van der Waals surface area contributed by atoms with Gasteiger partial charge in [-0.2, -0.15) is 10.2 Å². The van der Waals surface area contributed by atoms with E-state index in [1.807, 2.05) is 18.5 Å². The monoisotopic (exact) mass is 325 g/mol. The second-order valence-electron chi connectivity index (χ2n) is 7.86. The number of carbonyl (C=O) groups excluding carboxylic acids is 1. The molecule has 0 radical (unpaired) electrons. The second-order valence-corrected chi connectivity index (χ2v) is 7.86. The maximum atomic E-state index is 12.6. The average molecular weight is 325 g/mol. The van der Waals surface area contributed by atoms with E-state index in [-0.39, 0.29) is 5.91 Å². The van der Waals surface area contributed by atoms with Gasteiger partial charge in [-0.05, 0) is 67.9 Å². The molecule has 0 saturated heterocycles. The molecular formula is C18H23N5O. The van der Waals surface area contributed by atoms with Crippen molar-refractivity contribution in [3.05, 3.63) is 36.4 Å². The standard InChI is InChI=1S/C18H23N5O/c24-18(16-2-5-23(21-16)11-22-4-1-3-19-22)20-17-14-7-12-6-13(9-14)10-15(17)8-12/h1-5,12-15,17H,6-11H2,(H,20,24). The van der Waals surface area contributed by atoms with Gasteiger partial charge in [-0.1, -0.05) is 0 Å². The smallest absolute Gasteiger partial charge is 0.272 e. The Balaban J connectivity index is 1.26. The fourth-order valence-electron chi connectivity index (χ4n) is 5.48. The van der Waals surface area contributed by atoms with Crippen LogP contribution in [0, 0.1) is 23.7 Å². The first-order valence-corrected chi connectivity index (χ1v) is 9.06. The minimum absolute atomic E-state index is 0.0216. The van der Waals surface area contributed by atoms with Crippen molar-refractivity contribution in [3.8, 4) is 0 Å². The largest absolute Gasteiger partial charge is 0.347 e.